The summed E-state index contributed by atoms with van der Waals surface area (Å²) in [6.07, 6.45) is 0.365. The van der Waals surface area contributed by atoms with E-state index in [-0.39, 0.29) is 17.8 Å². The highest BCUT2D eigenvalue weighted by Crippen LogP contribution is 2.33. The van der Waals surface area contributed by atoms with E-state index < -0.39 is 6.04 Å². The van der Waals surface area contributed by atoms with Gasteiger partial charge in [-0.05, 0) is 12.5 Å². The van der Waals surface area contributed by atoms with Gasteiger partial charge in [0.15, 0.2) is 0 Å². The second-order valence-corrected chi connectivity index (χ2v) is 4.42. The SMILES string of the molecule is CCOC(=O)C1C(c2ccccc2)CC(=O)N1C. The molecule has 1 aromatic rings. The van der Waals surface area contributed by atoms with Crippen LogP contribution in [0.25, 0.3) is 0 Å². The number of esters is 1. The highest BCUT2D eigenvalue weighted by Gasteiger charge is 2.43. The van der Waals surface area contributed by atoms with Crippen molar-refractivity contribution in [2.75, 3.05) is 13.7 Å². The molecule has 96 valence electrons. The van der Waals surface area contributed by atoms with Crippen molar-refractivity contribution in [3.63, 3.8) is 0 Å². The van der Waals surface area contributed by atoms with Crippen LogP contribution in [0.2, 0.25) is 0 Å². The molecule has 2 unspecified atom stereocenters. The number of hydrogen-bond donors (Lipinski definition) is 0. The van der Waals surface area contributed by atoms with E-state index in [0.717, 1.165) is 5.56 Å². The molecule has 0 aromatic heterocycles. The maximum Gasteiger partial charge on any atom is 0.329 e. The van der Waals surface area contributed by atoms with E-state index in [2.05, 4.69) is 0 Å². The molecule has 0 aliphatic carbocycles. The predicted molar refractivity (Wildman–Crippen MR) is 67.0 cm³/mol. The molecular formula is C14H17NO3. The van der Waals surface area contributed by atoms with Crippen molar-refractivity contribution < 1.29 is 14.3 Å². The monoisotopic (exact) mass is 247 g/mol. The lowest BCUT2D eigenvalue weighted by Crippen LogP contribution is -2.39. The number of hydrogen-bond acceptors (Lipinski definition) is 3. The Kier molecular flexibility index (Phi) is 3.65. The van der Waals surface area contributed by atoms with Crippen LogP contribution < -0.4 is 0 Å². The number of carbonyl (C=O) groups excluding carboxylic acids is 2. The molecule has 1 aromatic carbocycles. The minimum atomic E-state index is -0.500. The molecule has 0 bridgehead atoms. The van der Waals surface area contributed by atoms with E-state index in [1.165, 1.54) is 4.90 Å². The molecule has 4 heteroatoms. The molecule has 18 heavy (non-hydrogen) atoms. The number of rotatable bonds is 3. The molecule has 2 atom stereocenters. The lowest BCUT2D eigenvalue weighted by molar-refractivity contribution is -0.150. The molecule has 1 heterocycles. The number of ether oxygens (including phenoxy) is 1. The molecule has 0 saturated carbocycles. The van der Waals surface area contributed by atoms with E-state index in [1.54, 1.807) is 14.0 Å². The lowest BCUT2D eigenvalue weighted by Gasteiger charge is -2.23. The van der Waals surface area contributed by atoms with Gasteiger partial charge in [-0.25, -0.2) is 4.79 Å². The largest absolute Gasteiger partial charge is 0.464 e. The number of carbonyl (C=O) groups is 2. The average Bonchev–Trinajstić information content (AvgIpc) is 2.67. The Morgan fingerprint density at radius 3 is 2.67 bits per heavy atom. The molecule has 0 N–H and O–H groups in total. The summed E-state index contributed by atoms with van der Waals surface area (Å²) in [5.74, 6) is -0.440. The lowest BCUT2D eigenvalue weighted by atomic mass is 9.92. The van der Waals surface area contributed by atoms with Gasteiger partial charge in [0.05, 0.1) is 6.61 Å². The fourth-order valence-electron chi connectivity index (χ4n) is 2.42. The Bertz CT molecular complexity index is 444. The normalized spacial score (nSPS) is 23.2. The van der Waals surface area contributed by atoms with Crippen LogP contribution in [0.5, 0.6) is 0 Å². The first-order valence-electron chi connectivity index (χ1n) is 6.12. The third-order valence-electron chi connectivity index (χ3n) is 3.34. The summed E-state index contributed by atoms with van der Waals surface area (Å²) in [6, 6.07) is 9.15. The predicted octanol–water partition coefficient (Wildman–Crippen LogP) is 1.56. The van der Waals surface area contributed by atoms with Crippen LogP contribution in [-0.2, 0) is 14.3 Å². The third-order valence-corrected chi connectivity index (χ3v) is 3.34. The van der Waals surface area contributed by atoms with Crippen LogP contribution in [0, 0.1) is 0 Å². The minimum Gasteiger partial charge on any atom is -0.464 e. The van der Waals surface area contributed by atoms with Crippen molar-refractivity contribution in [2.45, 2.75) is 25.3 Å². The van der Waals surface area contributed by atoms with Gasteiger partial charge in [0.25, 0.3) is 0 Å². The Hall–Kier alpha value is -1.84. The first-order chi connectivity index (χ1) is 8.65. The van der Waals surface area contributed by atoms with Crippen LogP contribution >= 0.6 is 0 Å². The summed E-state index contributed by atoms with van der Waals surface area (Å²) < 4.78 is 5.06. The summed E-state index contributed by atoms with van der Waals surface area (Å²) in [7, 11) is 1.66. The fraction of sp³-hybridized carbons (Fsp3) is 0.429. The van der Waals surface area contributed by atoms with Gasteiger partial charge in [0, 0.05) is 19.4 Å². The number of benzene rings is 1. The highest BCUT2D eigenvalue weighted by molar-refractivity contribution is 5.90. The summed E-state index contributed by atoms with van der Waals surface area (Å²) in [4.78, 5) is 25.3. The third kappa shape index (κ3) is 2.23. The summed E-state index contributed by atoms with van der Waals surface area (Å²) in [6.45, 7) is 2.10. The summed E-state index contributed by atoms with van der Waals surface area (Å²) >= 11 is 0. The Morgan fingerprint density at radius 1 is 1.39 bits per heavy atom. The zero-order chi connectivity index (χ0) is 13.1. The minimum absolute atomic E-state index is 0.0121. The highest BCUT2D eigenvalue weighted by atomic mass is 16.5. The second-order valence-electron chi connectivity index (χ2n) is 4.42. The number of likely N-dealkylation sites (tertiary alicyclic amines) is 1. The topological polar surface area (TPSA) is 46.6 Å². The summed E-state index contributed by atoms with van der Waals surface area (Å²) in [5, 5.41) is 0. The molecule has 1 aliphatic rings. The van der Waals surface area contributed by atoms with Crippen LogP contribution in [0.3, 0.4) is 0 Å². The van der Waals surface area contributed by atoms with Gasteiger partial charge < -0.3 is 9.64 Å². The maximum absolute atomic E-state index is 12.0. The summed E-state index contributed by atoms with van der Waals surface area (Å²) in [5.41, 5.74) is 1.01. The van der Waals surface area contributed by atoms with Crippen molar-refractivity contribution in [1.29, 1.82) is 0 Å². The van der Waals surface area contributed by atoms with E-state index in [0.29, 0.717) is 13.0 Å². The van der Waals surface area contributed by atoms with E-state index in [1.807, 2.05) is 30.3 Å². The van der Waals surface area contributed by atoms with Gasteiger partial charge in [-0.1, -0.05) is 30.3 Å². The quantitative estimate of drug-likeness (QED) is 0.762. The first-order valence-corrected chi connectivity index (χ1v) is 6.12. The smallest absolute Gasteiger partial charge is 0.329 e. The molecule has 1 fully saturated rings. The van der Waals surface area contributed by atoms with Crippen molar-refractivity contribution >= 4 is 11.9 Å². The van der Waals surface area contributed by atoms with Crippen LogP contribution in [0.1, 0.15) is 24.8 Å². The fourth-order valence-corrected chi connectivity index (χ4v) is 2.42. The zero-order valence-corrected chi connectivity index (χ0v) is 10.6. The molecule has 0 radical (unpaired) electrons. The van der Waals surface area contributed by atoms with Gasteiger partial charge in [-0.3, -0.25) is 4.79 Å². The Labute approximate surface area is 107 Å². The van der Waals surface area contributed by atoms with E-state index in [9.17, 15) is 9.59 Å². The Morgan fingerprint density at radius 2 is 2.06 bits per heavy atom. The first kappa shape index (κ1) is 12.6. The van der Waals surface area contributed by atoms with Crippen molar-refractivity contribution in [3.05, 3.63) is 35.9 Å². The zero-order valence-electron chi connectivity index (χ0n) is 10.6. The van der Waals surface area contributed by atoms with Gasteiger partial charge in [0.2, 0.25) is 5.91 Å². The molecule has 4 nitrogen and oxygen atoms in total. The Balaban J connectivity index is 2.28. The van der Waals surface area contributed by atoms with Crippen LogP contribution in [0.15, 0.2) is 30.3 Å². The van der Waals surface area contributed by atoms with Crippen molar-refractivity contribution in [2.24, 2.45) is 0 Å². The second kappa shape index (κ2) is 5.21. The molecule has 1 aliphatic heterocycles. The number of amides is 1. The van der Waals surface area contributed by atoms with Gasteiger partial charge in [-0.15, -0.1) is 0 Å². The van der Waals surface area contributed by atoms with Crippen LogP contribution in [-0.4, -0.2) is 36.5 Å². The average molecular weight is 247 g/mol. The number of nitrogens with zero attached hydrogens (tertiary/aromatic N) is 1. The molecule has 1 amide bonds. The maximum atomic E-state index is 12.0. The van der Waals surface area contributed by atoms with Crippen LogP contribution in [0.4, 0.5) is 0 Å². The molecule has 1 saturated heterocycles. The molecule has 2 rings (SSSR count). The van der Waals surface area contributed by atoms with E-state index in [4.69, 9.17) is 4.74 Å². The standard InChI is InChI=1S/C14H17NO3/c1-3-18-14(17)13-11(9-12(16)15(13)2)10-7-5-4-6-8-10/h4-8,11,13H,3,9H2,1-2H3. The molecular weight excluding hydrogens is 230 g/mol. The van der Waals surface area contributed by atoms with Gasteiger partial charge in [0.1, 0.15) is 6.04 Å². The van der Waals surface area contributed by atoms with E-state index >= 15 is 0 Å². The molecule has 0 spiro atoms. The van der Waals surface area contributed by atoms with Gasteiger partial charge >= 0.3 is 5.97 Å². The van der Waals surface area contributed by atoms with Gasteiger partial charge in [-0.2, -0.15) is 0 Å². The van der Waals surface area contributed by atoms with Crippen molar-refractivity contribution in [3.8, 4) is 0 Å². The number of likely N-dealkylation sites (N-methyl/N-ethyl adjacent to an activating group) is 1. The van der Waals surface area contributed by atoms with Crippen molar-refractivity contribution in [1.82, 2.24) is 4.90 Å².